The van der Waals surface area contributed by atoms with Gasteiger partial charge in [0.05, 0.1) is 31.5 Å². The van der Waals surface area contributed by atoms with Crippen LogP contribution in [0.15, 0.2) is 6.33 Å². The summed E-state index contributed by atoms with van der Waals surface area (Å²) in [6, 6.07) is -0.473. The predicted molar refractivity (Wildman–Crippen MR) is 135 cm³/mol. The first-order valence-corrected chi connectivity index (χ1v) is 14.1. The number of hydrogen-bond donors (Lipinski definition) is 2. The molecule has 2 fully saturated rings. The minimum Gasteiger partial charge on any atom is -0.476 e. The second-order valence-electron chi connectivity index (χ2n) is 9.91. The molecule has 0 aromatic carbocycles. The van der Waals surface area contributed by atoms with Gasteiger partial charge in [-0.25, -0.2) is 14.6 Å². The van der Waals surface area contributed by atoms with Gasteiger partial charge in [0.2, 0.25) is 11.8 Å². The lowest BCUT2D eigenvalue weighted by atomic mass is 10.0. The minimum atomic E-state index is -3.83. The van der Waals surface area contributed by atoms with Crippen LogP contribution in [0, 0.1) is 11.8 Å². The molecule has 0 unspecified atom stereocenters. The molecule has 0 radical (unpaired) electrons. The standard InChI is InChI=1S/C22H34ClN6O7P/c1-7-32-18-15-17(26-21(24)27-18)29(10-25-15)20-22(6,23)16-14(35-20)9-34-37(31,36-16)28-13(11(2)3)8-33-19(30)12(4)5/h10-14,16,20H,7-9H2,1-6H3,(H,28,31)(H2,24,26,27)/t13-,14+,16+,20+,22+,37-/m0/s1. The van der Waals surface area contributed by atoms with Crippen molar-refractivity contribution in [2.75, 3.05) is 25.6 Å². The van der Waals surface area contributed by atoms with Gasteiger partial charge in [-0.05, 0) is 19.8 Å². The molecule has 3 N–H and O–H groups in total. The fourth-order valence-electron chi connectivity index (χ4n) is 4.16. The molecule has 2 aliphatic heterocycles. The van der Waals surface area contributed by atoms with E-state index in [4.69, 9.17) is 40.6 Å². The largest absolute Gasteiger partial charge is 0.476 e. The van der Waals surface area contributed by atoms with Crippen molar-refractivity contribution in [1.29, 1.82) is 0 Å². The molecule has 2 aromatic rings. The summed E-state index contributed by atoms with van der Waals surface area (Å²) in [4.78, 5) is 23.6. The molecular formula is C22H34ClN6O7P. The van der Waals surface area contributed by atoms with Crippen molar-refractivity contribution in [2.24, 2.45) is 11.8 Å². The van der Waals surface area contributed by atoms with E-state index in [-0.39, 0.29) is 42.8 Å². The molecule has 2 saturated heterocycles. The number of fused-ring (bicyclic) bond motifs is 2. The number of halogens is 1. The first kappa shape index (κ1) is 28.0. The molecule has 0 amide bonds. The number of alkyl halides is 1. The van der Waals surface area contributed by atoms with Gasteiger partial charge in [-0.1, -0.05) is 27.7 Å². The molecule has 0 saturated carbocycles. The second kappa shape index (κ2) is 10.6. The van der Waals surface area contributed by atoms with Crippen LogP contribution in [0.4, 0.5) is 5.95 Å². The third kappa shape index (κ3) is 5.57. The Labute approximate surface area is 220 Å². The Morgan fingerprint density at radius 1 is 1.38 bits per heavy atom. The van der Waals surface area contributed by atoms with E-state index in [9.17, 15) is 9.36 Å². The summed E-state index contributed by atoms with van der Waals surface area (Å²) in [5.74, 6) is -0.397. The van der Waals surface area contributed by atoms with Crippen LogP contribution in [-0.2, 0) is 27.9 Å². The SMILES string of the molecule is CCOc1nc(N)nc2c1ncn2[C@@H]1O[C@@H]2CO[P@@](=O)(N[C@@H](COC(=O)C(C)C)C(C)C)O[C@H]2[C@@]1(C)Cl. The predicted octanol–water partition coefficient (Wildman–Crippen LogP) is 3.04. The van der Waals surface area contributed by atoms with Crippen LogP contribution in [0.1, 0.15) is 47.8 Å². The summed E-state index contributed by atoms with van der Waals surface area (Å²) in [7, 11) is -3.83. The number of esters is 1. The van der Waals surface area contributed by atoms with Crippen molar-refractivity contribution in [1.82, 2.24) is 24.6 Å². The van der Waals surface area contributed by atoms with Gasteiger partial charge in [0.25, 0.3) is 0 Å². The van der Waals surface area contributed by atoms with E-state index in [0.29, 0.717) is 17.8 Å². The number of nitrogens with one attached hydrogen (secondary N) is 1. The summed E-state index contributed by atoms with van der Waals surface area (Å²) in [5, 5.41) is 2.93. The fraction of sp³-hybridized carbons (Fsp3) is 0.727. The van der Waals surface area contributed by atoms with Crippen molar-refractivity contribution >= 4 is 42.4 Å². The maximum atomic E-state index is 13.6. The van der Waals surface area contributed by atoms with Crippen LogP contribution in [0.3, 0.4) is 0 Å². The topological polar surface area (TPSA) is 162 Å². The Bertz CT molecular complexity index is 1190. The molecule has 15 heteroatoms. The molecule has 2 aromatic heterocycles. The summed E-state index contributed by atoms with van der Waals surface area (Å²) < 4.78 is 44.0. The third-order valence-electron chi connectivity index (χ3n) is 6.29. The molecule has 206 valence electrons. The van der Waals surface area contributed by atoms with Crippen LogP contribution in [0.2, 0.25) is 0 Å². The number of hydrogen-bond acceptors (Lipinski definition) is 11. The minimum absolute atomic E-state index is 0.00979. The highest BCUT2D eigenvalue weighted by Crippen LogP contribution is 2.58. The van der Waals surface area contributed by atoms with Gasteiger partial charge in [0.15, 0.2) is 17.4 Å². The highest BCUT2D eigenvalue weighted by atomic mass is 35.5. The van der Waals surface area contributed by atoms with Gasteiger partial charge in [-0.2, -0.15) is 9.97 Å². The lowest BCUT2D eigenvalue weighted by Crippen LogP contribution is -2.47. The molecule has 13 nitrogen and oxygen atoms in total. The number of anilines is 1. The normalized spacial score (nSPS) is 30.6. The number of ether oxygens (including phenoxy) is 3. The van der Waals surface area contributed by atoms with Crippen LogP contribution in [-0.4, -0.2) is 68.4 Å². The van der Waals surface area contributed by atoms with Crippen molar-refractivity contribution in [3.05, 3.63) is 6.33 Å². The van der Waals surface area contributed by atoms with Crippen molar-refractivity contribution in [2.45, 2.75) is 70.9 Å². The summed E-state index contributed by atoms with van der Waals surface area (Å²) in [6.45, 7) is 11.2. The molecule has 0 spiro atoms. The van der Waals surface area contributed by atoms with E-state index in [1.54, 1.807) is 25.3 Å². The highest BCUT2D eigenvalue weighted by molar-refractivity contribution is 7.51. The maximum Gasteiger partial charge on any atom is 0.406 e. The zero-order chi connectivity index (χ0) is 27.1. The van der Waals surface area contributed by atoms with Gasteiger partial charge < -0.3 is 19.9 Å². The van der Waals surface area contributed by atoms with Gasteiger partial charge in [-0.15, -0.1) is 11.6 Å². The first-order valence-electron chi connectivity index (χ1n) is 12.2. The fourth-order valence-corrected chi connectivity index (χ4v) is 6.54. The summed E-state index contributed by atoms with van der Waals surface area (Å²) in [5.41, 5.74) is 6.67. The monoisotopic (exact) mass is 560 g/mol. The van der Waals surface area contributed by atoms with Gasteiger partial charge in [0.1, 0.15) is 23.7 Å². The second-order valence-corrected chi connectivity index (χ2v) is 12.4. The number of nitrogens with two attached hydrogens (primary N) is 1. The lowest BCUT2D eigenvalue weighted by Gasteiger charge is -2.37. The number of aromatic nitrogens is 4. The average molecular weight is 561 g/mol. The van der Waals surface area contributed by atoms with Crippen LogP contribution >= 0.6 is 19.3 Å². The Morgan fingerprint density at radius 3 is 2.76 bits per heavy atom. The quantitative estimate of drug-likeness (QED) is 0.262. The van der Waals surface area contributed by atoms with Crippen molar-refractivity contribution < 1.29 is 32.6 Å². The van der Waals surface area contributed by atoms with Crippen LogP contribution in [0.25, 0.3) is 11.2 Å². The Balaban J connectivity index is 1.55. The summed E-state index contributed by atoms with van der Waals surface area (Å²) in [6.07, 6.45) is -0.711. The Hall–Kier alpha value is -2.02. The molecule has 2 aliphatic rings. The Kier molecular flexibility index (Phi) is 8.04. The molecule has 6 atom stereocenters. The number of imidazole rings is 1. The first-order chi connectivity index (χ1) is 17.4. The highest BCUT2D eigenvalue weighted by Gasteiger charge is 2.60. The van der Waals surface area contributed by atoms with Crippen molar-refractivity contribution in [3.8, 4) is 5.88 Å². The smallest absolute Gasteiger partial charge is 0.406 e. The lowest BCUT2D eigenvalue weighted by molar-refractivity contribution is -0.148. The third-order valence-corrected chi connectivity index (χ3v) is 8.33. The maximum absolute atomic E-state index is 13.6. The molecule has 0 aliphatic carbocycles. The van der Waals surface area contributed by atoms with Crippen LogP contribution < -0.4 is 15.6 Å². The zero-order valence-electron chi connectivity index (χ0n) is 21.7. The number of carbonyl (C=O) groups excluding carboxylic acids is 1. The number of rotatable bonds is 9. The molecule has 4 rings (SSSR count). The molecule has 0 bridgehead atoms. The van der Waals surface area contributed by atoms with Crippen molar-refractivity contribution in [3.63, 3.8) is 0 Å². The van der Waals surface area contributed by atoms with E-state index >= 15 is 0 Å². The van der Waals surface area contributed by atoms with E-state index < -0.39 is 37.1 Å². The number of nitrogen functional groups attached to an aromatic ring is 1. The van der Waals surface area contributed by atoms with E-state index in [1.807, 2.05) is 20.8 Å². The van der Waals surface area contributed by atoms with Gasteiger partial charge >= 0.3 is 13.7 Å². The molecule has 4 heterocycles. The number of carbonyl (C=O) groups is 1. The Morgan fingerprint density at radius 2 is 2.11 bits per heavy atom. The van der Waals surface area contributed by atoms with Gasteiger partial charge in [-0.3, -0.25) is 18.4 Å². The zero-order valence-corrected chi connectivity index (χ0v) is 23.4. The number of nitrogens with zero attached hydrogens (tertiary/aromatic N) is 4. The van der Waals surface area contributed by atoms with E-state index in [1.165, 1.54) is 6.33 Å². The van der Waals surface area contributed by atoms with Gasteiger partial charge in [0, 0.05) is 0 Å². The van der Waals surface area contributed by atoms with E-state index in [0.717, 1.165) is 0 Å². The van der Waals surface area contributed by atoms with E-state index in [2.05, 4.69) is 20.0 Å². The van der Waals surface area contributed by atoms with Crippen LogP contribution in [0.5, 0.6) is 5.88 Å². The molecular weight excluding hydrogens is 527 g/mol. The summed E-state index contributed by atoms with van der Waals surface area (Å²) >= 11 is 7.03. The molecule has 37 heavy (non-hydrogen) atoms. The average Bonchev–Trinajstić information content (AvgIpc) is 3.34.